The first-order chi connectivity index (χ1) is 8.13. The normalized spacial score (nSPS) is 10.2. The van der Waals surface area contributed by atoms with Crippen LogP contribution >= 0.6 is 0 Å². The molecule has 6 nitrogen and oxygen atoms in total. The average molecular weight is 234 g/mol. The topological polar surface area (TPSA) is 98.6 Å². The van der Waals surface area contributed by atoms with Crippen LogP contribution < -0.4 is 10.5 Å². The van der Waals surface area contributed by atoms with E-state index in [4.69, 9.17) is 20.0 Å². The van der Waals surface area contributed by atoms with E-state index in [1.807, 2.05) is 0 Å². The van der Waals surface area contributed by atoms with Crippen LogP contribution in [0.4, 0.5) is 5.69 Å². The third kappa shape index (κ3) is 1.92. The number of carboxylic acids is 1. The Kier molecular flexibility index (Phi) is 2.70. The van der Waals surface area contributed by atoms with E-state index in [2.05, 4.69) is 4.98 Å². The minimum Gasteiger partial charge on any atom is -0.496 e. The fraction of sp³-hybridized carbons (Fsp3) is 0.0909. The van der Waals surface area contributed by atoms with Crippen LogP contribution in [0.1, 0.15) is 10.4 Å². The summed E-state index contributed by atoms with van der Waals surface area (Å²) >= 11 is 0. The average Bonchev–Trinajstić information content (AvgIpc) is 2.81. The van der Waals surface area contributed by atoms with Crippen LogP contribution in [0.15, 0.2) is 29.1 Å². The van der Waals surface area contributed by atoms with E-state index in [9.17, 15) is 4.79 Å². The smallest absolute Gasteiger partial charge is 0.337 e. The molecule has 17 heavy (non-hydrogen) atoms. The van der Waals surface area contributed by atoms with Gasteiger partial charge in [0.15, 0.2) is 12.2 Å². The van der Waals surface area contributed by atoms with Crippen LogP contribution in [0, 0.1) is 0 Å². The first kappa shape index (κ1) is 11.0. The van der Waals surface area contributed by atoms with Gasteiger partial charge in [0.25, 0.3) is 0 Å². The summed E-state index contributed by atoms with van der Waals surface area (Å²) in [6.45, 7) is 0. The summed E-state index contributed by atoms with van der Waals surface area (Å²) in [4.78, 5) is 14.7. The Labute approximate surface area is 96.6 Å². The quantitative estimate of drug-likeness (QED) is 0.783. The Balaban J connectivity index is 2.64. The Bertz CT molecular complexity index is 549. The zero-order chi connectivity index (χ0) is 12.4. The maximum Gasteiger partial charge on any atom is 0.337 e. The van der Waals surface area contributed by atoms with Gasteiger partial charge in [0, 0.05) is 11.8 Å². The summed E-state index contributed by atoms with van der Waals surface area (Å²) in [6, 6.07) is 2.85. The molecule has 88 valence electrons. The maximum atomic E-state index is 11.0. The van der Waals surface area contributed by atoms with E-state index in [1.165, 1.54) is 31.8 Å². The Morgan fingerprint density at radius 3 is 2.82 bits per heavy atom. The number of aromatic nitrogens is 1. The molecule has 0 saturated carbocycles. The highest BCUT2D eigenvalue weighted by molar-refractivity contribution is 5.96. The van der Waals surface area contributed by atoms with Crippen LogP contribution in [0.2, 0.25) is 0 Å². The fourth-order valence-electron chi connectivity index (χ4n) is 1.49. The lowest BCUT2D eigenvalue weighted by Crippen LogP contribution is -2.03. The lowest BCUT2D eigenvalue weighted by Gasteiger charge is -2.09. The molecule has 1 aromatic carbocycles. The molecule has 0 aliphatic rings. The SMILES string of the molecule is COc1cc(N)c(C(=O)O)cc1-c1cnco1. The first-order valence-corrected chi connectivity index (χ1v) is 4.73. The van der Waals surface area contributed by atoms with Crippen molar-refractivity contribution in [3.63, 3.8) is 0 Å². The number of anilines is 1. The van der Waals surface area contributed by atoms with Gasteiger partial charge in [0.05, 0.1) is 24.4 Å². The molecule has 0 radical (unpaired) electrons. The van der Waals surface area contributed by atoms with Crippen molar-refractivity contribution in [1.29, 1.82) is 0 Å². The standard InChI is InChI=1S/C11H10N2O4/c1-16-9-3-8(12)6(11(14)15)2-7(9)10-4-13-5-17-10/h2-5H,12H2,1H3,(H,14,15). The van der Waals surface area contributed by atoms with E-state index in [0.717, 1.165) is 0 Å². The molecule has 0 atom stereocenters. The molecule has 2 aromatic rings. The van der Waals surface area contributed by atoms with Gasteiger partial charge >= 0.3 is 5.97 Å². The number of nitrogen functional groups attached to an aromatic ring is 1. The predicted octanol–water partition coefficient (Wildman–Crippen LogP) is 1.63. The highest BCUT2D eigenvalue weighted by Crippen LogP contribution is 2.33. The molecule has 1 aromatic heterocycles. The molecule has 2 rings (SSSR count). The second-order valence-corrected chi connectivity index (χ2v) is 3.31. The lowest BCUT2D eigenvalue weighted by atomic mass is 10.1. The fourth-order valence-corrected chi connectivity index (χ4v) is 1.49. The van der Waals surface area contributed by atoms with Crippen molar-refractivity contribution >= 4 is 11.7 Å². The number of hydrogen-bond acceptors (Lipinski definition) is 5. The molecule has 0 spiro atoms. The van der Waals surface area contributed by atoms with Crippen LogP contribution in [0.25, 0.3) is 11.3 Å². The van der Waals surface area contributed by atoms with E-state index < -0.39 is 5.97 Å². The third-order valence-electron chi connectivity index (χ3n) is 2.30. The van der Waals surface area contributed by atoms with E-state index in [0.29, 0.717) is 17.1 Å². The van der Waals surface area contributed by atoms with Crippen molar-refractivity contribution in [3.05, 3.63) is 30.3 Å². The molecule has 0 aliphatic carbocycles. The molecule has 0 amide bonds. The molecule has 0 saturated heterocycles. The van der Waals surface area contributed by atoms with Crippen molar-refractivity contribution in [2.24, 2.45) is 0 Å². The van der Waals surface area contributed by atoms with Crippen LogP contribution in [-0.2, 0) is 0 Å². The van der Waals surface area contributed by atoms with Gasteiger partial charge in [-0.25, -0.2) is 9.78 Å². The zero-order valence-corrected chi connectivity index (χ0v) is 9.01. The Morgan fingerprint density at radius 2 is 2.29 bits per heavy atom. The van der Waals surface area contributed by atoms with E-state index >= 15 is 0 Å². The Hall–Kier alpha value is -2.50. The van der Waals surface area contributed by atoms with Crippen molar-refractivity contribution < 1.29 is 19.1 Å². The Morgan fingerprint density at radius 1 is 1.53 bits per heavy atom. The molecule has 0 bridgehead atoms. The minimum atomic E-state index is -1.11. The number of rotatable bonds is 3. The molecule has 1 heterocycles. The molecule has 0 fully saturated rings. The molecule has 6 heteroatoms. The van der Waals surface area contributed by atoms with Crippen LogP contribution in [-0.4, -0.2) is 23.2 Å². The number of benzene rings is 1. The van der Waals surface area contributed by atoms with Gasteiger partial charge in [-0.3, -0.25) is 0 Å². The summed E-state index contributed by atoms with van der Waals surface area (Å²) < 4.78 is 10.2. The number of carbonyl (C=O) groups is 1. The summed E-state index contributed by atoms with van der Waals surface area (Å²) in [5.41, 5.74) is 6.24. The number of ether oxygens (including phenoxy) is 1. The number of nitrogens with two attached hydrogens (primary N) is 1. The van der Waals surface area contributed by atoms with E-state index in [1.54, 1.807) is 0 Å². The van der Waals surface area contributed by atoms with Crippen molar-refractivity contribution in [2.45, 2.75) is 0 Å². The number of carboxylic acid groups (broad SMARTS) is 1. The summed E-state index contributed by atoms with van der Waals surface area (Å²) in [5, 5.41) is 8.98. The zero-order valence-electron chi connectivity index (χ0n) is 9.01. The summed E-state index contributed by atoms with van der Waals surface area (Å²) in [7, 11) is 1.47. The molecule has 3 N–H and O–H groups in total. The summed E-state index contributed by atoms with van der Waals surface area (Å²) in [6.07, 6.45) is 2.73. The van der Waals surface area contributed by atoms with Crippen LogP contribution in [0.3, 0.4) is 0 Å². The van der Waals surface area contributed by atoms with Crippen molar-refractivity contribution in [1.82, 2.24) is 4.98 Å². The second-order valence-electron chi connectivity index (χ2n) is 3.31. The van der Waals surface area contributed by atoms with Gasteiger partial charge in [-0.05, 0) is 6.07 Å². The highest BCUT2D eigenvalue weighted by Gasteiger charge is 2.16. The molecule has 0 unspecified atom stereocenters. The van der Waals surface area contributed by atoms with Gasteiger partial charge in [-0.2, -0.15) is 0 Å². The number of methoxy groups -OCH3 is 1. The highest BCUT2D eigenvalue weighted by atomic mass is 16.5. The predicted molar refractivity (Wildman–Crippen MR) is 59.9 cm³/mol. The first-order valence-electron chi connectivity index (χ1n) is 4.73. The summed E-state index contributed by atoms with van der Waals surface area (Å²) in [5.74, 6) is -0.250. The largest absolute Gasteiger partial charge is 0.496 e. The third-order valence-corrected chi connectivity index (χ3v) is 2.30. The van der Waals surface area contributed by atoms with Gasteiger partial charge in [0.2, 0.25) is 0 Å². The number of aromatic carboxylic acids is 1. The van der Waals surface area contributed by atoms with E-state index in [-0.39, 0.29) is 11.3 Å². The number of hydrogen-bond donors (Lipinski definition) is 2. The van der Waals surface area contributed by atoms with Crippen molar-refractivity contribution in [2.75, 3.05) is 12.8 Å². The number of nitrogens with zero attached hydrogens (tertiary/aromatic N) is 1. The second kappa shape index (κ2) is 4.17. The van der Waals surface area contributed by atoms with Gasteiger partial charge in [-0.1, -0.05) is 0 Å². The number of oxazole rings is 1. The van der Waals surface area contributed by atoms with Gasteiger partial charge in [0.1, 0.15) is 5.75 Å². The van der Waals surface area contributed by atoms with Crippen LogP contribution in [0.5, 0.6) is 5.75 Å². The van der Waals surface area contributed by atoms with Gasteiger partial charge in [-0.15, -0.1) is 0 Å². The van der Waals surface area contributed by atoms with Crippen molar-refractivity contribution in [3.8, 4) is 17.1 Å². The molecular formula is C11H10N2O4. The maximum absolute atomic E-state index is 11.0. The minimum absolute atomic E-state index is 0.00259. The monoisotopic (exact) mass is 234 g/mol. The molecular weight excluding hydrogens is 224 g/mol. The lowest BCUT2D eigenvalue weighted by molar-refractivity contribution is 0.0698. The van der Waals surface area contributed by atoms with Gasteiger partial charge < -0.3 is 20.0 Å². The molecule has 0 aliphatic heterocycles.